The third kappa shape index (κ3) is 2.05. The van der Waals surface area contributed by atoms with Crippen molar-refractivity contribution in [1.29, 1.82) is 0 Å². The molecule has 5 heteroatoms. The predicted octanol–water partition coefficient (Wildman–Crippen LogP) is -2.46. The molecule has 0 fully saturated rings. The maximum Gasteiger partial charge on any atom is 1.00 e. The first kappa shape index (κ1) is 10.7. The molecule has 11 heavy (non-hydrogen) atoms. The van der Waals surface area contributed by atoms with E-state index in [-0.39, 0.29) is 36.7 Å². The molecule has 0 amide bonds. The Labute approximate surface area is 88.0 Å². The molecule has 56 valence electrons. The summed E-state index contributed by atoms with van der Waals surface area (Å²) in [6.07, 6.45) is 1.48. The average molecular weight is 164 g/mol. The van der Waals surface area contributed by atoms with E-state index in [1.807, 2.05) is 0 Å². The van der Waals surface area contributed by atoms with Crippen LogP contribution >= 0.6 is 0 Å². The Morgan fingerprint density at radius 1 is 1.82 bits per heavy atom. The second-order valence-corrected chi connectivity index (χ2v) is 2.09. The van der Waals surface area contributed by atoms with E-state index >= 15 is 0 Å². The summed E-state index contributed by atoms with van der Waals surface area (Å²) in [6, 6.07) is 0. The number of carboxylic acid groups (broad SMARTS) is 1. The summed E-state index contributed by atoms with van der Waals surface area (Å²) < 4.78 is 1.48. The topological polar surface area (TPSA) is 55.1 Å². The summed E-state index contributed by atoms with van der Waals surface area (Å²) in [6.45, 7) is 1.67. The fraction of sp³-hybridized carbons (Fsp3) is 0.333. The molecule has 1 rings (SSSR count). The molecule has 0 aliphatic rings. The summed E-state index contributed by atoms with van der Waals surface area (Å²) in [7, 11) is 1.66. The third-order valence-electron chi connectivity index (χ3n) is 1.32. The SMILES string of the molecule is Cc1ncn(C)c1C(=O)O.[H-].[Na+]. The Morgan fingerprint density at radius 2 is 2.36 bits per heavy atom. The van der Waals surface area contributed by atoms with Crippen LogP contribution in [0.4, 0.5) is 0 Å². The monoisotopic (exact) mass is 164 g/mol. The minimum absolute atomic E-state index is 0. The standard InChI is InChI=1S/C6H8N2O2.Na.H/c1-4-5(6(9)10)8(2)3-7-4;;/h3H,1-2H3,(H,9,10);;/q;+1;-1. The van der Waals surface area contributed by atoms with Crippen LogP contribution < -0.4 is 29.6 Å². The summed E-state index contributed by atoms with van der Waals surface area (Å²) in [5.74, 6) is -0.933. The van der Waals surface area contributed by atoms with E-state index in [9.17, 15) is 4.79 Å². The molecule has 0 unspecified atom stereocenters. The number of hydrogen-bond donors (Lipinski definition) is 1. The zero-order valence-electron chi connectivity index (χ0n) is 7.83. The summed E-state index contributed by atoms with van der Waals surface area (Å²) in [5.41, 5.74) is 0.801. The first-order chi connectivity index (χ1) is 4.63. The maximum absolute atomic E-state index is 10.4. The van der Waals surface area contributed by atoms with Crippen LogP contribution in [-0.4, -0.2) is 20.6 Å². The molecule has 1 aromatic rings. The van der Waals surface area contributed by atoms with Gasteiger partial charge in [-0.1, -0.05) is 0 Å². The van der Waals surface area contributed by atoms with Gasteiger partial charge in [0.1, 0.15) is 5.69 Å². The van der Waals surface area contributed by atoms with Crippen molar-refractivity contribution < 1.29 is 40.9 Å². The molecule has 0 saturated heterocycles. The molecule has 0 bridgehead atoms. The number of aryl methyl sites for hydroxylation is 2. The molecule has 4 nitrogen and oxygen atoms in total. The number of imidazole rings is 1. The fourth-order valence-electron chi connectivity index (χ4n) is 0.853. The van der Waals surface area contributed by atoms with Crippen molar-refractivity contribution in [2.45, 2.75) is 6.92 Å². The zero-order valence-corrected chi connectivity index (χ0v) is 8.83. The number of aromatic nitrogens is 2. The Balaban J connectivity index is 0. The molecule has 1 aromatic heterocycles. The third-order valence-corrected chi connectivity index (χ3v) is 1.32. The van der Waals surface area contributed by atoms with Crippen LogP contribution in [0.15, 0.2) is 6.33 Å². The van der Waals surface area contributed by atoms with E-state index < -0.39 is 5.97 Å². The molecule has 0 saturated carbocycles. The van der Waals surface area contributed by atoms with Gasteiger partial charge in [-0.25, -0.2) is 9.78 Å². The fourth-order valence-corrected chi connectivity index (χ4v) is 0.853. The van der Waals surface area contributed by atoms with Gasteiger partial charge in [-0.2, -0.15) is 0 Å². The molecule has 0 radical (unpaired) electrons. The number of rotatable bonds is 1. The number of aromatic carboxylic acids is 1. The van der Waals surface area contributed by atoms with Crippen LogP contribution in [0.25, 0.3) is 0 Å². The Morgan fingerprint density at radius 3 is 2.55 bits per heavy atom. The van der Waals surface area contributed by atoms with Crippen molar-refractivity contribution in [2.24, 2.45) is 7.05 Å². The van der Waals surface area contributed by atoms with Gasteiger partial charge < -0.3 is 11.1 Å². The van der Waals surface area contributed by atoms with Crippen LogP contribution in [-0.2, 0) is 7.05 Å². The van der Waals surface area contributed by atoms with E-state index in [2.05, 4.69) is 4.98 Å². The Bertz CT molecular complexity index is 255. The minimum atomic E-state index is -0.933. The van der Waals surface area contributed by atoms with Gasteiger partial charge in [-0.15, -0.1) is 0 Å². The maximum atomic E-state index is 10.4. The first-order valence-electron chi connectivity index (χ1n) is 2.84. The molecule has 0 aromatic carbocycles. The summed E-state index contributed by atoms with van der Waals surface area (Å²) in [5, 5.41) is 8.57. The molecular weight excluding hydrogens is 155 g/mol. The van der Waals surface area contributed by atoms with Gasteiger partial charge in [-0.05, 0) is 6.92 Å². The average Bonchev–Trinajstić information content (AvgIpc) is 2.11. The van der Waals surface area contributed by atoms with E-state index in [0.717, 1.165) is 0 Å². The second kappa shape index (κ2) is 3.90. The number of carboxylic acids is 1. The van der Waals surface area contributed by atoms with E-state index in [1.54, 1.807) is 14.0 Å². The van der Waals surface area contributed by atoms with Gasteiger partial charge in [0.2, 0.25) is 0 Å². The molecule has 0 atom stereocenters. The molecular formula is C6H9N2NaO2. The van der Waals surface area contributed by atoms with E-state index in [1.165, 1.54) is 10.9 Å². The molecule has 1 heterocycles. The molecule has 0 aliphatic heterocycles. The van der Waals surface area contributed by atoms with Crippen LogP contribution in [0, 0.1) is 6.92 Å². The van der Waals surface area contributed by atoms with Crippen LogP contribution in [0.1, 0.15) is 17.6 Å². The second-order valence-electron chi connectivity index (χ2n) is 2.09. The molecule has 0 spiro atoms. The van der Waals surface area contributed by atoms with Gasteiger partial charge in [0, 0.05) is 7.05 Å². The smallest absolute Gasteiger partial charge is 1.00 e. The van der Waals surface area contributed by atoms with Crippen molar-refractivity contribution in [2.75, 3.05) is 0 Å². The number of carbonyl (C=O) groups is 1. The number of nitrogens with zero attached hydrogens (tertiary/aromatic N) is 2. The van der Waals surface area contributed by atoms with E-state index in [4.69, 9.17) is 5.11 Å². The van der Waals surface area contributed by atoms with Crippen LogP contribution in [0.3, 0.4) is 0 Å². The van der Waals surface area contributed by atoms with Gasteiger partial charge in [-0.3, -0.25) is 0 Å². The quantitative estimate of drug-likeness (QED) is 0.468. The van der Waals surface area contributed by atoms with Crippen molar-refractivity contribution in [1.82, 2.24) is 9.55 Å². The summed E-state index contributed by atoms with van der Waals surface area (Å²) in [4.78, 5) is 14.3. The number of hydrogen-bond acceptors (Lipinski definition) is 2. The normalized spacial score (nSPS) is 8.91. The van der Waals surface area contributed by atoms with Crippen molar-refractivity contribution in [3.8, 4) is 0 Å². The van der Waals surface area contributed by atoms with Gasteiger partial charge >= 0.3 is 35.5 Å². The van der Waals surface area contributed by atoms with E-state index in [0.29, 0.717) is 5.69 Å². The van der Waals surface area contributed by atoms with Crippen molar-refractivity contribution in [3.05, 3.63) is 17.7 Å². The van der Waals surface area contributed by atoms with Crippen LogP contribution in [0.2, 0.25) is 0 Å². The van der Waals surface area contributed by atoms with Gasteiger partial charge in [0.25, 0.3) is 0 Å². The van der Waals surface area contributed by atoms with Crippen LogP contribution in [0.5, 0.6) is 0 Å². The first-order valence-corrected chi connectivity index (χ1v) is 2.84. The Kier molecular flexibility index (Phi) is 3.78. The molecule has 0 aliphatic carbocycles. The van der Waals surface area contributed by atoms with Gasteiger partial charge in [0.15, 0.2) is 0 Å². The largest absolute Gasteiger partial charge is 1.00 e. The predicted molar refractivity (Wildman–Crippen MR) is 36.0 cm³/mol. The Hall–Kier alpha value is -0.320. The summed E-state index contributed by atoms with van der Waals surface area (Å²) >= 11 is 0. The van der Waals surface area contributed by atoms with Crippen molar-refractivity contribution >= 4 is 5.97 Å². The minimum Gasteiger partial charge on any atom is -1.00 e. The van der Waals surface area contributed by atoms with Gasteiger partial charge in [0.05, 0.1) is 12.0 Å². The van der Waals surface area contributed by atoms with Crippen molar-refractivity contribution in [3.63, 3.8) is 0 Å². The molecule has 1 N–H and O–H groups in total. The zero-order chi connectivity index (χ0) is 7.72.